The van der Waals surface area contributed by atoms with E-state index in [9.17, 15) is 4.79 Å². The van der Waals surface area contributed by atoms with Gasteiger partial charge in [0.25, 0.3) is 0 Å². The Balaban J connectivity index is 2.08. The van der Waals surface area contributed by atoms with E-state index in [-0.39, 0.29) is 5.92 Å². The summed E-state index contributed by atoms with van der Waals surface area (Å²) in [6.07, 6.45) is 1.63. The molecule has 0 radical (unpaired) electrons. The van der Waals surface area contributed by atoms with Gasteiger partial charge in [0.05, 0.1) is 15.9 Å². The van der Waals surface area contributed by atoms with Crippen LogP contribution in [0.4, 0.5) is 0 Å². The second kappa shape index (κ2) is 5.53. The summed E-state index contributed by atoms with van der Waals surface area (Å²) in [5.41, 5.74) is 2.21. The van der Waals surface area contributed by atoms with Crippen molar-refractivity contribution >= 4 is 21.7 Å². The highest BCUT2D eigenvalue weighted by molar-refractivity contribution is 9.10. The fourth-order valence-corrected chi connectivity index (χ4v) is 3.00. The third-order valence-corrected chi connectivity index (χ3v) is 4.77. The van der Waals surface area contributed by atoms with Crippen molar-refractivity contribution in [3.63, 3.8) is 0 Å². The molecular formula is C13H20BrN3O. The number of aromatic nitrogens is 2. The van der Waals surface area contributed by atoms with Gasteiger partial charge < -0.3 is 0 Å². The Morgan fingerprint density at radius 2 is 2.22 bits per heavy atom. The number of hydrogen-bond acceptors (Lipinski definition) is 3. The molecule has 1 atom stereocenters. The van der Waals surface area contributed by atoms with Gasteiger partial charge in [0, 0.05) is 39.0 Å². The average Bonchev–Trinajstić information content (AvgIpc) is 2.58. The number of Topliss-reactive ketones (excluding diaryl/α,β-unsaturated/α-hetero) is 1. The maximum absolute atomic E-state index is 11.7. The van der Waals surface area contributed by atoms with Crippen molar-refractivity contribution in [3.05, 3.63) is 15.9 Å². The number of rotatable bonds is 3. The molecule has 0 amide bonds. The molecule has 4 nitrogen and oxygen atoms in total. The van der Waals surface area contributed by atoms with Crippen molar-refractivity contribution in [2.75, 3.05) is 13.1 Å². The quantitative estimate of drug-likeness (QED) is 0.859. The normalized spacial score (nSPS) is 21.6. The van der Waals surface area contributed by atoms with Gasteiger partial charge in [-0.3, -0.25) is 14.4 Å². The average molecular weight is 314 g/mol. The topological polar surface area (TPSA) is 38.1 Å². The summed E-state index contributed by atoms with van der Waals surface area (Å²) in [7, 11) is 1.97. The van der Waals surface area contributed by atoms with Crippen LogP contribution in [0.5, 0.6) is 0 Å². The molecule has 2 rings (SSSR count). The lowest BCUT2D eigenvalue weighted by Gasteiger charge is -2.31. The Morgan fingerprint density at radius 1 is 1.50 bits per heavy atom. The fourth-order valence-electron chi connectivity index (χ4n) is 2.54. The molecule has 0 aliphatic carbocycles. The zero-order chi connectivity index (χ0) is 13.3. The molecule has 0 saturated carbocycles. The first-order valence-corrected chi connectivity index (χ1v) is 7.25. The van der Waals surface area contributed by atoms with Gasteiger partial charge in [-0.1, -0.05) is 6.92 Å². The third-order valence-electron chi connectivity index (χ3n) is 3.74. The Labute approximate surface area is 116 Å². The molecule has 2 heterocycles. The Kier molecular flexibility index (Phi) is 4.22. The number of likely N-dealkylation sites (tertiary alicyclic amines) is 1. The summed E-state index contributed by atoms with van der Waals surface area (Å²) in [4.78, 5) is 14.1. The first kappa shape index (κ1) is 13.7. The number of aryl methyl sites for hydroxylation is 2. The zero-order valence-corrected chi connectivity index (χ0v) is 12.8. The lowest BCUT2D eigenvalue weighted by Crippen LogP contribution is -2.40. The molecule has 0 aromatic carbocycles. The van der Waals surface area contributed by atoms with Crippen LogP contribution in [0.3, 0.4) is 0 Å². The number of ketones is 1. The van der Waals surface area contributed by atoms with E-state index in [2.05, 4.69) is 32.9 Å². The first-order chi connectivity index (χ1) is 8.52. The standard InChI is InChI=1S/C13H20BrN3O/c1-4-10-7-17(6-5-12(10)18)8-11-13(14)9(2)15-16(11)3/h10H,4-8H2,1-3H3. The first-order valence-electron chi connectivity index (χ1n) is 6.46. The molecule has 1 fully saturated rings. The number of hydrogen-bond donors (Lipinski definition) is 0. The molecular weight excluding hydrogens is 294 g/mol. The lowest BCUT2D eigenvalue weighted by molar-refractivity contribution is -0.126. The lowest BCUT2D eigenvalue weighted by atomic mass is 9.94. The highest BCUT2D eigenvalue weighted by Gasteiger charge is 2.26. The van der Waals surface area contributed by atoms with Crippen molar-refractivity contribution < 1.29 is 4.79 Å². The number of carbonyl (C=O) groups excluding carboxylic acids is 1. The van der Waals surface area contributed by atoms with Gasteiger partial charge in [-0.2, -0.15) is 5.10 Å². The van der Waals surface area contributed by atoms with Gasteiger partial charge in [0.2, 0.25) is 0 Å². The van der Waals surface area contributed by atoms with E-state index in [0.717, 1.165) is 36.2 Å². The van der Waals surface area contributed by atoms with Crippen LogP contribution in [-0.2, 0) is 18.4 Å². The molecule has 18 heavy (non-hydrogen) atoms. The zero-order valence-electron chi connectivity index (χ0n) is 11.2. The van der Waals surface area contributed by atoms with E-state index in [1.54, 1.807) is 0 Å². The van der Waals surface area contributed by atoms with E-state index < -0.39 is 0 Å². The summed E-state index contributed by atoms with van der Waals surface area (Å²) < 4.78 is 3.02. The third kappa shape index (κ3) is 2.67. The van der Waals surface area contributed by atoms with Crippen LogP contribution < -0.4 is 0 Å². The molecule has 1 saturated heterocycles. The molecule has 1 aliphatic rings. The highest BCUT2D eigenvalue weighted by Crippen LogP contribution is 2.24. The molecule has 0 bridgehead atoms. The van der Waals surface area contributed by atoms with Crippen LogP contribution in [0, 0.1) is 12.8 Å². The SMILES string of the molecule is CCC1CN(Cc2c(Br)c(C)nn2C)CCC1=O. The number of nitrogens with zero attached hydrogens (tertiary/aromatic N) is 3. The minimum absolute atomic E-state index is 0.215. The van der Waals surface area contributed by atoms with Crippen LogP contribution in [0.15, 0.2) is 4.47 Å². The Bertz CT molecular complexity index is 455. The van der Waals surface area contributed by atoms with Crippen LogP contribution in [0.1, 0.15) is 31.2 Å². The van der Waals surface area contributed by atoms with E-state index in [0.29, 0.717) is 12.2 Å². The fraction of sp³-hybridized carbons (Fsp3) is 0.692. The van der Waals surface area contributed by atoms with Gasteiger partial charge in [0.1, 0.15) is 5.78 Å². The van der Waals surface area contributed by atoms with Crippen molar-refractivity contribution in [2.45, 2.75) is 33.2 Å². The summed E-state index contributed by atoms with van der Waals surface area (Å²) in [5, 5.41) is 4.41. The number of piperidine rings is 1. The smallest absolute Gasteiger partial charge is 0.138 e. The second-order valence-corrected chi connectivity index (χ2v) is 5.82. The molecule has 1 aromatic rings. The predicted octanol–water partition coefficient (Wildman–Crippen LogP) is 2.29. The maximum Gasteiger partial charge on any atom is 0.138 e. The van der Waals surface area contributed by atoms with Crippen LogP contribution in [-0.4, -0.2) is 33.6 Å². The minimum Gasteiger partial charge on any atom is -0.299 e. The highest BCUT2D eigenvalue weighted by atomic mass is 79.9. The van der Waals surface area contributed by atoms with E-state index in [4.69, 9.17) is 0 Å². The molecule has 1 aromatic heterocycles. The van der Waals surface area contributed by atoms with Crippen molar-refractivity contribution in [2.24, 2.45) is 13.0 Å². The van der Waals surface area contributed by atoms with Gasteiger partial charge >= 0.3 is 0 Å². The van der Waals surface area contributed by atoms with Gasteiger partial charge in [0.15, 0.2) is 0 Å². The molecule has 100 valence electrons. The second-order valence-electron chi connectivity index (χ2n) is 5.03. The van der Waals surface area contributed by atoms with E-state index in [1.807, 2.05) is 18.7 Å². The van der Waals surface area contributed by atoms with Gasteiger partial charge in [-0.05, 0) is 29.3 Å². The maximum atomic E-state index is 11.7. The summed E-state index contributed by atoms with van der Waals surface area (Å²) >= 11 is 3.59. The Hall–Kier alpha value is -0.680. The summed E-state index contributed by atoms with van der Waals surface area (Å²) in [6.45, 7) is 6.71. The van der Waals surface area contributed by atoms with Crippen molar-refractivity contribution in [1.29, 1.82) is 0 Å². The van der Waals surface area contributed by atoms with Crippen molar-refractivity contribution in [3.8, 4) is 0 Å². The molecule has 1 unspecified atom stereocenters. The van der Waals surface area contributed by atoms with Crippen LogP contribution in [0.2, 0.25) is 0 Å². The van der Waals surface area contributed by atoms with E-state index >= 15 is 0 Å². The minimum atomic E-state index is 0.215. The molecule has 1 aliphatic heterocycles. The Morgan fingerprint density at radius 3 is 2.78 bits per heavy atom. The van der Waals surface area contributed by atoms with Crippen molar-refractivity contribution in [1.82, 2.24) is 14.7 Å². The summed E-state index contributed by atoms with van der Waals surface area (Å²) in [5.74, 6) is 0.640. The molecule has 5 heteroatoms. The molecule has 0 spiro atoms. The van der Waals surface area contributed by atoms with Crippen LogP contribution >= 0.6 is 15.9 Å². The van der Waals surface area contributed by atoms with E-state index in [1.165, 1.54) is 5.69 Å². The monoisotopic (exact) mass is 313 g/mol. The van der Waals surface area contributed by atoms with Gasteiger partial charge in [-0.25, -0.2) is 0 Å². The number of carbonyl (C=O) groups is 1. The number of halogens is 1. The predicted molar refractivity (Wildman–Crippen MR) is 74.3 cm³/mol. The van der Waals surface area contributed by atoms with Crippen LogP contribution in [0.25, 0.3) is 0 Å². The van der Waals surface area contributed by atoms with Gasteiger partial charge in [-0.15, -0.1) is 0 Å². The largest absolute Gasteiger partial charge is 0.299 e. The summed E-state index contributed by atoms with van der Waals surface area (Å²) in [6, 6.07) is 0. The molecule has 0 N–H and O–H groups in total.